The lowest BCUT2D eigenvalue weighted by molar-refractivity contribution is -0.161. The third-order valence-electron chi connectivity index (χ3n) is 2.40. The van der Waals surface area contributed by atoms with Crippen LogP contribution in [0.5, 0.6) is 0 Å². The van der Waals surface area contributed by atoms with E-state index in [1.54, 1.807) is 0 Å². The van der Waals surface area contributed by atoms with Gasteiger partial charge in [0.25, 0.3) is 5.91 Å². The highest BCUT2D eigenvalue weighted by Crippen LogP contribution is 2.26. The summed E-state index contributed by atoms with van der Waals surface area (Å²) in [4.78, 5) is 11.2. The molecule has 1 saturated heterocycles. The molecule has 0 spiro atoms. The van der Waals surface area contributed by atoms with Crippen LogP contribution in [0.2, 0.25) is 0 Å². The van der Waals surface area contributed by atoms with Crippen LogP contribution < -0.4 is 5.73 Å². The molecule has 0 aromatic carbocycles. The van der Waals surface area contributed by atoms with E-state index < -0.39 is 5.54 Å². The predicted octanol–water partition coefficient (Wildman–Crippen LogP) is -0.0386. The summed E-state index contributed by atoms with van der Waals surface area (Å²) in [6.45, 7) is 4.13. The number of hydrogen-bond acceptors (Lipinski definition) is 3. The molecule has 3 N–H and O–H groups in total. The van der Waals surface area contributed by atoms with Crippen molar-refractivity contribution in [1.29, 1.82) is 0 Å². The molecule has 0 saturated carbocycles. The number of carbonyl (C=O) groups excluding carboxylic acids is 1. The molecule has 0 radical (unpaired) electrons. The zero-order chi connectivity index (χ0) is 8.65. The monoisotopic (exact) mass is 158 g/mol. The first-order chi connectivity index (χ1) is 4.98. The van der Waals surface area contributed by atoms with Gasteiger partial charge in [-0.3, -0.25) is 10.0 Å². The number of rotatable bonds is 1. The third kappa shape index (κ3) is 1.12. The first-order valence-corrected chi connectivity index (χ1v) is 3.78. The molecule has 0 unspecified atom stereocenters. The summed E-state index contributed by atoms with van der Waals surface area (Å²) in [5.74, 6) is -0.278. The molecule has 0 aromatic heterocycles. The lowest BCUT2D eigenvalue weighted by atomic mass is 9.86. The molecule has 0 bridgehead atoms. The lowest BCUT2D eigenvalue weighted by Gasteiger charge is -2.25. The summed E-state index contributed by atoms with van der Waals surface area (Å²) < 4.78 is 0. The van der Waals surface area contributed by atoms with Crippen LogP contribution in [0.3, 0.4) is 0 Å². The van der Waals surface area contributed by atoms with E-state index in [4.69, 9.17) is 10.9 Å². The van der Waals surface area contributed by atoms with Gasteiger partial charge in [-0.15, -0.1) is 0 Å². The Kier molecular flexibility index (Phi) is 1.90. The fraction of sp³-hybridized carbons (Fsp3) is 0.857. The number of amides is 1. The molecule has 11 heavy (non-hydrogen) atoms. The van der Waals surface area contributed by atoms with Gasteiger partial charge in [0.2, 0.25) is 0 Å². The van der Waals surface area contributed by atoms with Gasteiger partial charge in [0, 0.05) is 0 Å². The normalized spacial score (nSPS) is 32.1. The maximum atomic E-state index is 11.2. The topological polar surface area (TPSA) is 66.6 Å². The molecule has 1 aliphatic rings. The minimum Gasteiger partial charge on any atom is -0.317 e. The summed E-state index contributed by atoms with van der Waals surface area (Å²) in [6.07, 6.45) is 0.542. The van der Waals surface area contributed by atoms with Crippen LogP contribution in [0.15, 0.2) is 0 Å². The number of hydrogen-bond donors (Lipinski definition) is 2. The first kappa shape index (κ1) is 8.49. The Balaban J connectivity index is 2.81. The second-order valence-electron chi connectivity index (χ2n) is 3.37. The Morgan fingerprint density at radius 1 is 1.73 bits per heavy atom. The van der Waals surface area contributed by atoms with E-state index in [1.165, 1.54) is 0 Å². The maximum absolute atomic E-state index is 11.2. The molecule has 4 nitrogen and oxygen atoms in total. The average molecular weight is 158 g/mol. The van der Waals surface area contributed by atoms with Crippen molar-refractivity contribution < 1.29 is 10.0 Å². The molecule has 1 aliphatic heterocycles. The van der Waals surface area contributed by atoms with E-state index in [-0.39, 0.29) is 11.8 Å². The van der Waals surface area contributed by atoms with Crippen molar-refractivity contribution in [2.75, 3.05) is 6.54 Å². The molecule has 0 aliphatic carbocycles. The van der Waals surface area contributed by atoms with Crippen LogP contribution in [0.1, 0.15) is 20.3 Å². The van der Waals surface area contributed by atoms with Gasteiger partial charge in [-0.2, -0.15) is 0 Å². The summed E-state index contributed by atoms with van der Waals surface area (Å²) in [7, 11) is 0. The molecule has 1 amide bonds. The Hall–Kier alpha value is -0.610. The number of carbonyl (C=O) groups is 1. The number of nitrogens with two attached hydrogens (primary N) is 1. The van der Waals surface area contributed by atoms with Gasteiger partial charge < -0.3 is 5.73 Å². The van der Waals surface area contributed by atoms with Gasteiger partial charge in [0.05, 0.1) is 6.54 Å². The van der Waals surface area contributed by atoms with Crippen molar-refractivity contribution in [2.45, 2.75) is 25.8 Å². The molecular formula is C7H14N2O2. The van der Waals surface area contributed by atoms with Crippen LogP contribution in [0.4, 0.5) is 0 Å². The van der Waals surface area contributed by atoms with Crippen molar-refractivity contribution >= 4 is 5.91 Å². The summed E-state index contributed by atoms with van der Waals surface area (Å²) >= 11 is 0. The molecule has 1 fully saturated rings. The quantitative estimate of drug-likeness (QED) is 0.526. The molecule has 1 rings (SSSR count). The molecular weight excluding hydrogens is 144 g/mol. The fourth-order valence-corrected chi connectivity index (χ4v) is 1.28. The van der Waals surface area contributed by atoms with Crippen LogP contribution in [-0.2, 0) is 4.79 Å². The second-order valence-corrected chi connectivity index (χ2v) is 3.37. The van der Waals surface area contributed by atoms with Gasteiger partial charge in [-0.1, -0.05) is 13.8 Å². The van der Waals surface area contributed by atoms with E-state index >= 15 is 0 Å². The molecule has 4 heteroatoms. The summed E-state index contributed by atoms with van der Waals surface area (Å²) in [5, 5.41) is 9.69. The molecule has 1 heterocycles. The average Bonchev–Trinajstić information content (AvgIpc) is 2.18. The first-order valence-electron chi connectivity index (χ1n) is 3.78. The van der Waals surface area contributed by atoms with Gasteiger partial charge in [-0.25, -0.2) is 5.06 Å². The standard InChI is InChI=1S/C7H14N2O2/c1-5(2)7(8)3-4-9(11)6(7)10/h5,11H,3-4,8H2,1-2H3/t7-/m1/s1. The highest BCUT2D eigenvalue weighted by molar-refractivity contribution is 5.87. The van der Waals surface area contributed by atoms with Crippen LogP contribution >= 0.6 is 0 Å². The van der Waals surface area contributed by atoms with E-state index in [9.17, 15) is 4.79 Å². The smallest absolute Gasteiger partial charge is 0.266 e. The van der Waals surface area contributed by atoms with E-state index in [2.05, 4.69) is 0 Å². The zero-order valence-electron chi connectivity index (χ0n) is 6.87. The SMILES string of the molecule is CC(C)[C@]1(N)CCN(O)C1=O. The zero-order valence-corrected chi connectivity index (χ0v) is 6.87. The predicted molar refractivity (Wildman–Crippen MR) is 39.9 cm³/mol. The van der Waals surface area contributed by atoms with Crippen molar-refractivity contribution in [3.8, 4) is 0 Å². The number of hydroxylamine groups is 2. The van der Waals surface area contributed by atoms with Gasteiger partial charge in [0.1, 0.15) is 5.54 Å². The molecule has 1 atom stereocenters. The van der Waals surface area contributed by atoms with Gasteiger partial charge >= 0.3 is 0 Å². The van der Waals surface area contributed by atoms with E-state index in [0.717, 1.165) is 0 Å². The minimum atomic E-state index is -0.839. The Morgan fingerprint density at radius 3 is 2.45 bits per heavy atom. The Morgan fingerprint density at radius 2 is 2.27 bits per heavy atom. The maximum Gasteiger partial charge on any atom is 0.266 e. The van der Waals surface area contributed by atoms with Crippen molar-refractivity contribution in [3.63, 3.8) is 0 Å². The Bertz CT molecular complexity index is 181. The third-order valence-corrected chi connectivity index (χ3v) is 2.40. The van der Waals surface area contributed by atoms with Crippen molar-refractivity contribution in [1.82, 2.24) is 5.06 Å². The van der Waals surface area contributed by atoms with Crippen molar-refractivity contribution in [3.05, 3.63) is 0 Å². The second kappa shape index (κ2) is 2.46. The minimum absolute atomic E-state index is 0.0761. The van der Waals surface area contributed by atoms with Gasteiger partial charge in [-0.05, 0) is 12.3 Å². The lowest BCUT2D eigenvalue weighted by Crippen LogP contribution is -2.51. The Labute approximate surface area is 65.9 Å². The van der Waals surface area contributed by atoms with Gasteiger partial charge in [0.15, 0.2) is 0 Å². The molecule has 0 aromatic rings. The number of nitrogens with zero attached hydrogens (tertiary/aromatic N) is 1. The van der Waals surface area contributed by atoms with Crippen LogP contribution in [0, 0.1) is 5.92 Å². The molecule has 64 valence electrons. The highest BCUT2D eigenvalue weighted by atomic mass is 16.5. The van der Waals surface area contributed by atoms with Crippen molar-refractivity contribution in [2.24, 2.45) is 11.7 Å². The van der Waals surface area contributed by atoms with Crippen LogP contribution in [0.25, 0.3) is 0 Å². The van der Waals surface area contributed by atoms with E-state index in [1.807, 2.05) is 13.8 Å². The van der Waals surface area contributed by atoms with Crippen LogP contribution in [-0.4, -0.2) is 28.3 Å². The highest BCUT2D eigenvalue weighted by Gasteiger charge is 2.45. The fourth-order valence-electron chi connectivity index (χ4n) is 1.28. The summed E-state index contributed by atoms with van der Waals surface area (Å²) in [6, 6.07) is 0. The largest absolute Gasteiger partial charge is 0.317 e. The van der Waals surface area contributed by atoms with E-state index in [0.29, 0.717) is 18.0 Å². The summed E-state index contributed by atoms with van der Waals surface area (Å²) in [5.41, 5.74) is 4.95.